The highest BCUT2D eigenvalue weighted by molar-refractivity contribution is 7.94. The Kier molecular flexibility index (Phi) is 9.70. The molecule has 4 aromatic rings. The molecular weight excluding hydrogens is 661 g/mol. The lowest BCUT2D eigenvalue weighted by atomic mass is 10.1. The number of nitrogens with two attached hydrogens (primary N) is 1. The van der Waals surface area contributed by atoms with Gasteiger partial charge in [0.1, 0.15) is 33.5 Å². The van der Waals surface area contributed by atoms with Crippen LogP contribution in [0.2, 0.25) is 0 Å². The molecule has 0 radical (unpaired) electrons. The third-order valence-corrected chi connectivity index (χ3v) is 7.32. The average molecular weight is 678 g/mol. The lowest BCUT2D eigenvalue weighted by molar-refractivity contribution is -0.432. The molecule has 45 heavy (non-hydrogen) atoms. The zero-order valence-electron chi connectivity index (χ0n) is 22.3. The summed E-state index contributed by atoms with van der Waals surface area (Å²) in [4.78, 5) is -0.767. The SMILES string of the molecule is COc1cc(N=Nc2c(SOOO)cc3cc(S(=O)(=O)O)c(N)cc3c2O)c(OC)cc1N=Nc1c(F)c(F)c(F)c(F)c1F. The number of azo groups is 2. The van der Waals surface area contributed by atoms with E-state index in [9.17, 15) is 40.0 Å². The number of hydrogen-bond donors (Lipinski definition) is 4. The quantitative estimate of drug-likeness (QED) is 0.0150. The van der Waals surface area contributed by atoms with E-state index in [-0.39, 0.29) is 44.2 Å². The van der Waals surface area contributed by atoms with Crippen LogP contribution in [0.1, 0.15) is 0 Å². The number of rotatable bonds is 10. The van der Waals surface area contributed by atoms with Gasteiger partial charge in [-0.05, 0) is 23.6 Å². The van der Waals surface area contributed by atoms with Crippen LogP contribution in [-0.4, -0.2) is 37.6 Å². The summed E-state index contributed by atoms with van der Waals surface area (Å²) in [5.41, 5.74) is 2.99. The van der Waals surface area contributed by atoms with Crippen molar-refractivity contribution in [2.45, 2.75) is 9.79 Å². The molecule has 0 aliphatic rings. The van der Waals surface area contributed by atoms with E-state index in [0.29, 0.717) is 12.0 Å². The molecule has 0 saturated carbocycles. The Hall–Kier alpha value is -4.67. The minimum atomic E-state index is -4.75. The summed E-state index contributed by atoms with van der Waals surface area (Å²) in [6, 6.07) is 5.42. The van der Waals surface area contributed by atoms with Crippen molar-refractivity contribution < 1.29 is 64.1 Å². The summed E-state index contributed by atoms with van der Waals surface area (Å²) in [7, 11) is -2.44. The van der Waals surface area contributed by atoms with Gasteiger partial charge in [-0.2, -0.15) is 8.42 Å². The highest BCUT2D eigenvalue weighted by atomic mass is 32.2. The second kappa shape index (κ2) is 13.1. The first kappa shape index (κ1) is 33.2. The number of nitrogens with zero attached hydrogens (tertiary/aromatic N) is 4. The van der Waals surface area contributed by atoms with Gasteiger partial charge in [-0.3, -0.25) is 4.55 Å². The lowest BCUT2D eigenvalue weighted by Crippen LogP contribution is -2.03. The number of benzene rings is 4. The number of ether oxygens (including phenoxy) is 2. The third kappa shape index (κ3) is 6.57. The zero-order valence-corrected chi connectivity index (χ0v) is 23.9. The van der Waals surface area contributed by atoms with Crippen LogP contribution >= 0.6 is 12.0 Å². The molecule has 0 atom stereocenters. The number of hydrogen-bond acceptors (Lipinski definition) is 14. The molecule has 0 amide bonds. The van der Waals surface area contributed by atoms with Crippen LogP contribution in [0.4, 0.5) is 50.4 Å². The topological polar surface area (TPSA) is 207 Å². The van der Waals surface area contributed by atoms with Crippen LogP contribution < -0.4 is 15.2 Å². The molecule has 0 unspecified atom stereocenters. The first-order valence-electron chi connectivity index (χ1n) is 11.6. The Bertz CT molecular complexity index is 1970. The van der Waals surface area contributed by atoms with Gasteiger partial charge in [-0.15, -0.1) is 24.8 Å². The highest BCUT2D eigenvalue weighted by Gasteiger charge is 2.26. The molecule has 0 bridgehead atoms. The van der Waals surface area contributed by atoms with Crippen molar-refractivity contribution in [1.29, 1.82) is 0 Å². The maximum Gasteiger partial charge on any atom is 0.296 e. The number of anilines is 1. The van der Waals surface area contributed by atoms with Gasteiger partial charge in [0.25, 0.3) is 10.1 Å². The molecule has 0 aliphatic heterocycles. The van der Waals surface area contributed by atoms with Crippen LogP contribution in [0.25, 0.3) is 10.8 Å². The monoisotopic (exact) mass is 677 g/mol. The molecule has 0 aromatic heterocycles. The van der Waals surface area contributed by atoms with E-state index in [0.717, 1.165) is 31.4 Å². The molecule has 5 N–H and O–H groups in total. The smallest absolute Gasteiger partial charge is 0.296 e. The van der Waals surface area contributed by atoms with Crippen molar-refractivity contribution in [3.8, 4) is 17.2 Å². The van der Waals surface area contributed by atoms with E-state index >= 15 is 0 Å². The number of phenols is 1. The molecule has 4 rings (SSSR count). The predicted molar refractivity (Wildman–Crippen MR) is 145 cm³/mol. The van der Waals surface area contributed by atoms with Crippen molar-refractivity contribution >= 4 is 61.4 Å². The van der Waals surface area contributed by atoms with Crippen molar-refractivity contribution in [3.63, 3.8) is 0 Å². The van der Waals surface area contributed by atoms with Crippen molar-refractivity contribution in [1.82, 2.24) is 0 Å². The van der Waals surface area contributed by atoms with E-state index in [2.05, 4.69) is 29.8 Å². The maximum absolute atomic E-state index is 14.0. The summed E-state index contributed by atoms with van der Waals surface area (Å²) >= 11 is 0.308. The number of fused-ring (bicyclic) bond motifs is 1. The molecule has 14 nitrogen and oxygen atoms in total. The van der Waals surface area contributed by atoms with Crippen molar-refractivity contribution in [2.75, 3.05) is 20.0 Å². The van der Waals surface area contributed by atoms with Crippen molar-refractivity contribution in [2.24, 2.45) is 20.5 Å². The Morgan fingerprint density at radius 2 is 1.29 bits per heavy atom. The number of nitrogen functional groups attached to an aromatic ring is 1. The minimum absolute atomic E-state index is 0.0278. The first-order valence-corrected chi connectivity index (χ1v) is 13.7. The Labute approximate surface area is 252 Å². The molecular formula is C24H16F5N5O9S2. The zero-order chi connectivity index (χ0) is 33.2. The second-order valence-corrected chi connectivity index (χ2v) is 10.5. The summed E-state index contributed by atoms with van der Waals surface area (Å²) in [6.45, 7) is 0. The fourth-order valence-electron chi connectivity index (χ4n) is 3.74. The highest BCUT2D eigenvalue weighted by Crippen LogP contribution is 2.47. The van der Waals surface area contributed by atoms with Gasteiger partial charge in [0.15, 0.2) is 34.7 Å². The fourth-order valence-corrected chi connectivity index (χ4v) is 4.86. The number of halogens is 5. The minimum Gasteiger partial charge on any atom is -0.505 e. The Morgan fingerprint density at radius 1 is 0.778 bits per heavy atom. The van der Waals surface area contributed by atoms with Gasteiger partial charge in [0.05, 0.1) is 36.8 Å². The van der Waals surface area contributed by atoms with Crippen LogP contribution in [0.15, 0.2) is 60.6 Å². The second-order valence-electron chi connectivity index (χ2n) is 8.40. The van der Waals surface area contributed by atoms with Crippen LogP contribution in [0, 0.1) is 29.1 Å². The van der Waals surface area contributed by atoms with Gasteiger partial charge < -0.3 is 20.3 Å². The van der Waals surface area contributed by atoms with Gasteiger partial charge in [0, 0.05) is 17.5 Å². The Balaban J connectivity index is 1.82. The molecule has 0 spiro atoms. The van der Waals surface area contributed by atoms with E-state index in [4.69, 9.17) is 20.5 Å². The third-order valence-electron chi connectivity index (χ3n) is 5.80. The lowest BCUT2D eigenvalue weighted by Gasteiger charge is -2.12. The summed E-state index contributed by atoms with van der Waals surface area (Å²) < 4.78 is 116. The number of aromatic hydroxyl groups is 1. The van der Waals surface area contributed by atoms with Gasteiger partial charge >= 0.3 is 0 Å². The van der Waals surface area contributed by atoms with E-state index in [1.54, 1.807) is 0 Å². The molecule has 238 valence electrons. The summed E-state index contributed by atoms with van der Waals surface area (Å²) in [5.74, 6) is -12.2. The first-order chi connectivity index (χ1) is 21.2. The van der Waals surface area contributed by atoms with Gasteiger partial charge in [-0.1, -0.05) is 5.04 Å². The molecule has 0 saturated heterocycles. The van der Waals surface area contributed by atoms with Crippen LogP contribution in [-0.2, 0) is 19.5 Å². The summed E-state index contributed by atoms with van der Waals surface area (Å²) in [6.07, 6.45) is 0. The molecule has 0 aliphatic carbocycles. The van der Waals surface area contributed by atoms with E-state index < -0.39 is 61.2 Å². The number of phenolic OH excluding ortho intramolecular Hbond substituents is 1. The maximum atomic E-state index is 14.0. The summed E-state index contributed by atoms with van der Waals surface area (Å²) in [5, 5.41) is 37.7. The van der Waals surface area contributed by atoms with E-state index in [1.165, 1.54) is 13.2 Å². The standard InChI is InChI=1S/C24H16F5N5O9S2/c1-40-13-7-12(32-34-23-20(28)18(26)17(25)19(27)21(23)29)14(41-2)6-11(13)31-33-22-15(44-43-42-36)3-8-4-16(45(37,38)39)10(30)5-9(8)24(22)35/h3-7,35-36H,30H2,1-2H3,(H,37,38,39). The molecule has 0 heterocycles. The number of methoxy groups -OCH3 is 2. The van der Waals surface area contributed by atoms with Gasteiger partial charge in [0.2, 0.25) is 5.82 Å². The van der Waals surface area contributed by atoms with Crippen LogP contribution in [0.5, 0.6) is 17.2 Å². The fraction of sp³-hybridized carbons (Fsp3) is 0.0833. The molecule has 0 fully saturated rings. The van der Waals surface area contributed by atoms with Crippen LogP contribution in [0.3, 0.4) is 0 Å². The molecule has 21 heteroatoms. The largest absolute Gasteiger partial charge is 0.505 e. The molecule has 4 aromatic carbocycles. The van der Waals surface area contributed by atoms with Crippen molar-refractivity contribution in [3.05, 3.63) is 59.4 Å². The Morgan fingerprint density at radius 3 is 1.78 bits per heavy atom. The van der Waals surface area contributed by atoms with E-state index in [1.807, 2.05) is 0 Å². The normalized spacial score (nSPS) is 12.1. The average Bonchev–Trinajstić information content (AvgIpc) is 3.00. The van der Waals surface area contributed by atoms with Gasteiger partial charge in [-0.25, -0.2) is 27.2 Å². The predicted octanol–water partition coefficient (Wildman–Crippen LogP) is 7.35.